The Labute approximate surface area is 128 Å². The van der Waals surface area contributed by atoms with Crippen LogP contribution in [0.5, 0.6) is 0 Å². The van der Waals surface area contributed by atoms with Crippen LogP contribution in [0.15, 0.2) is 52.1 Å². The van der Waals surface area contributed by atoms with Gasteiger partial charge in [0.1, 0.15) is 5.82 Å². The zero-order valence-electron chi connectivity index (χ0n) is 10.7. The Morgan fingerprint density at radius 2 is 2.00 bits per heavy atom. The maximum atomic E-state index is 13.3. The second-order valence-corrected chi connectivity index (χ2v) is 5.06. The topological polar surface area (TPSA) is 87.7 Å². The van der Waals surface area contributed by atoms with E-state index in [-0.39, 0.29) is 11.4 Å². The standard InChI is InChI=1S/C14H11BrFN3O2/c15-9-5-8(6-10(16)7-9)14(20)18-12-4-2-1-3-11(12)13(17)19-21/h1-7,21H,(H2,17,19)(H,18,20). The Balaban J connectivity index is 2.32. The third-order valence-electron chi connectivity index (χ3n) is 2.68. The highest BCUT2D eigenvalue weighted by Gasteiger charge is 2.12. The molecule has 0 aliphatic rings. The number of hydrogen-bond donors (Lipinski definition) is 3. The van der Waals surface area contributed by atoms with Crippen LogP contribution in [-0.4, -0.2) is 17.0 Å². The van der Waals surface area contributed by atoms with Gasteiger partial charge in [0.05, 0.1) is 5.69 Å². The summed E-state index contributed by atoms with van der Waals surface area (Å²) in [5.74, 6) is -1.17. The van der Waals surface area contributed by atoms with Gasteiger partial charge in [-0.3, -0.25) is 4.79 Å². The number of halogens is 2. The molecule has 0 heterocycles. The zero-order valence-corrected chi connectivity index (χ0v) is 12.3. The number of carbonyl (C=O) groups is 1. The molecular formula is C14H11BrFN3O2. The number of anilines is 1. The lowest BCUT2D eigenvalue weighted by atomic mass is 10.1. The van der Waals surface area contributed by atoms with E-state index >= 15 is 0 Å². The van der Waals surface area contributed by atoms with Crippen molar-refractivity contribution in [2.45, 2.75) is 0 Å². The maximum absolute atomic E-state index is 13.3. The van der Waals surface area contributed by atoms with Crippen LogP contribution in [0.1, 0.15) is 15.9 Å². The van der Waals surface area contributed by atoms with Gasteiger partial charge in [0.25, 0.3) is 5.91 Å². The molecule has 0 saturated carbocycles. The van der Waals surface area contributed by atoms with Crippen molar-refractivity contribution in [3.63, 3.8) is 0 Å². The monoisotopic (exact) mass is 351 g/mol. The normalized spacial score (nSPS) is 11.2. The number of nitrogens with one attached hydrogen (secondary N) is 1. The highest BCUT2D eigenvalue weighted by molar-refractivity contribution is 9.10. The number of para-hydroxylation sites is 1. The maximum Gasteiger partial charge on any atom is 0.255 e. The Hall–Kier alpha value is -2.41. The van der Waals surface area contributed by atoms with Crippen LogP contribution in [0.25, 0.3) is 0 Å². The van der Waals surface area contributed by atoms with Gasteiger partial charge < -0.3 is 16.3 Å². The Morgan fingerprint density at radius 1 is 1.29 bits per heavy atom. The van der Waals surface area contributed by atoms with Crippen molar-refractivity contribution in [1.82, 2.24) is 0 Å². The van der Waals surface area contributed by atoms with E-state index < -0.39 is 11.7 Å². The summed E-state index contributed by atoms with van der Waals surface area (Å²) in [5, 5.41) is 14.2. The molecule has 2 aromatic carbocycles. The molecule has 21 heavy (non-hydrogen) atoms. The van der Waals surface area contributed by atoms with Gasteiger partial charge in [-0.15, -0.1) is 0 Å². The minimum absolute atomic E-state index is 0.133. The Kier molecular flexibility index (Phi) is 4.54. The lowest BCUT2D eigenvalue weighted by Crippen LogP contribution is -2.19. The molecule has 0 saturated heterocycles. The van der Waals surface area contributed by atoms with E-state index in [1.54, 1.807) is 24.3 Å². The third-order valence-corrected chi connectivity index (χ3v) is 3.14. The van der Waals surface area contributed by atoms with Crippen LogP contribution in [0.2, 0.25) is 0 Å². The summed E-state index contributed by atoms with van der Waals surface area (Å²) in [6.07, 6.45) is 0. The van der Waals surface area contributed by atoms with Crippen LogP contribution >= 0.6 is 15.9 Å². The molecule has 2 rings (SSSR count). The molecule has 1 amide bonds. The summed E-state index contributed by atoms with van der Waals surface area (Å²) < 4.78 is 13.8. The highest BCUT2D eigenvalue weighted by atomic mass is 79.9. The first kappa shape index (κ1) is 15.0. The van der Waals surface area contributed by atoms with Gasteiger partial charge >= 0.3 is 0 Å². The van der Waals surface area contributed by atoms with Gasteiger partial charge in [0.15, 0.2) is 5.84 Å². The Morgan fingerprint density at radius 3 is 2.67 bits per heavy atom. The number of carbonyl (C=O) groups excluding carboxylic acids is 1. The van der Waals surface area contributed by atoms with Crippen molar-refractivity contribution >= 4 is 33.4 Å². The second kappa shape index (κ2) is 6.36. The Bertz CT molecular complexity index is 699. The van der Waals surface area contributed by atoms with E-state index in [9.17, 15) is 9.18 Å². The van der Waals surface area contributed by atoms with Crippen molar-refractivity contribution in [2.75, 3.05) is 5.32 Å². The van der Waals surface area contributed by atoms with Crippen LogP contribution in [0, 0.1) is 5.82 Å². The van der Waals surface area contributed by atoms with Crippen LogP contribution in [0.3, 0.4) is 0 Å². The predicted molar refractivity (Wildman–Crippen MR) is 81.0 cm³/mol. The lowest BCUT2D eigenvalue weighted by Gasteiger charge is -2.10. The van der Waals surface area contributed by atoms with E-state index in [0.717, 1.165) is 6.07 Å². The summed E-state index contributed by atoms with van der Waals surface area (Å²) in [6, 6.07) is 10.4. The molecular weight excluding hydrogens is 341 g/mol. The van der Waals surface area contributed by atoms with Crippen molar-refractivity contribution < 1.29 is 14.4 Å². The average molecular weight is 352 g/mol. The number of amidine groups is 1. The first-order chi connectivity index (χ1) is 10.0. The molecule has 5 nitrogen and oxygen atoms in total. The molecule has 0 atom stereocenters. The van der Waals surface area contributed by atoms with Gasteiger partial charge in [0, 0.05) is 15.6 Å². The number of nitrogens with zero attached hydrogens (tertiary/aromatic N) is 1. The third kappa shape index (κ3) is 3.57. The summed E-state index contributed by atoms with van der Waals surface area (Å²) in [7, 11) is 0. The highest BCUT2D eigenvalue weighted by Crippen LogP contribution is 2.19. The minimum Gasteiger partial charge on any atom is -0.409 e. The number of nitrogens with two attached hydrogens (primary N) is 1. The smallest absolute Gasteiger partial charge is 0.255 e. The van der Waals surface area contributed by atoms with E-state index in [4.69, 9.17) is 10.9 Å². The molecule has 0 unspecified atom stereocenters. The predicted octanol–water partition coefficient (Wildman–Crippen LogP) is 2.94. The summed E-state index contributed by atoms with van der Waals surface area (Å²) in [4.78, 5) is 12.1. The van der Waals surface area contributed by atoms with E-state index in [1.807, 2.05) is 0 Å². The molecule has 0 spiro atoms. The summed E-state index contributed by atoms with van der Waals surface area (Å²) in [5.41, 5.74) is 6.41. The van der Waals surface area contributed by atoms with Gasteiger partial charge in [-0.05, 0) is 30.3 Å². The molecule has 0 aliphatic heterocycles. The first-order valence-corrected chi connectivity index (χ1v) is 6.65. The SMILES string of the molecule is N/C(=N/O)c1ccccc1NC(=O)c1cc(F)cc(Br)c1. The molecule has 0 fully saturated rings. The minimum atomic E-state index is -0.528. The molecule has 7 heteroatoms. The summed E-state index contributed by atoms with van der Waals surface area (Å²) >= 11 is 3.12. The van der Waals surface area contributed by atoms with Crippen molar-refractivity contribution in [3.05, 3.63) is 63.9 Å². The van der Waals surface area contributed by atoms with Gasteiger partial charge in [-0.25, -0.2) is 4.39 Å². The first-order valence-electron chi connectivity index (χ1n) is 5.85. The zero-order chi connectivity index (χ0) is 15.4. The largest absolute Gasteiger partial charge is 0.409 e. The molecule has 0 aromatic heterocycles. The van der Waals surface area contributed by atoms with Gasteiger partial charge in [-0.1, -0.05) is 33.2 Å². The fourth-order valence-electron chi connectivity index (χ4n) is 1.75. The van der Waals surface area contributed by atoms with Crippen molar-refractivity contribution in [1.29, 1.82) is 0 Å². The number of benzene rings is 2. The van der Waals surface area contributed by atoms with Crippen LogP contribution < -0.4 is 11.1 Å². The molecule has 0 bridgehead atoms. The lowest BCUT2D eigenvalue weighted by molar-refractivity contribution is 0.102. The summed E-state index contributed by atoms with van der Waals surface area (Å²) in [6.45, 7) is 0. The van der Waals surface area contributed by atoms with E-state index in [0.29, 0.717) is 15.7 Å². The van der Waals surface area contributed by atoms with Crippen LogP contribution in [0.4, 0.5) is 10.1 Å². The fourth-order valence-corrected chi connectivity index (χ4v) is 2.21. The molecule has 2 aromatic rings. The van der Waals surface area contributed by atoms with E-state index in [1.165, 1.54) is 12.1 Å². The molecule has 4 N–H and O–H groups in total. The second-order valence-electron chi connectivity index (χ2n) is 4.14. The quantitative estimate of drug-likeness (QED) is 0.344. The number of hydrogen-bond acceptors (Lipinski definition) is 3. The molecule has 0 radical (unpaired) electrons. The van der Waals surface area contributed by atoms with Gasteiger partial charge in [0.2, 0.25) is 0 Å². The number of oxime groups is 1. The average Bonchev–Trinajstić information content (AvgIpc) is 2.46. The number of amides is 1. The van der Waals surface area contributed by atoms with Crippen LogP contribution in [-0.2, 0) is 0 Å². The van der Waals surface area contributed by atoms with Gasteiger partial charge in [-0.2, -0.15) is 0 Å². The molecule has 108 valence electrons. The van der Waals surface area contributed by atoms with E-state index in [2.05, 4.69) is 26.4 Å². The fraction of sp³-hybridized carbons (Fsp3) is 0. The molecule has 0 aliphatic carbocycles. The van der Waals surface area contributed by atoms with Crippen molar-refractivity contribution in [3.8, 4) is 0 Å². The van der Waals surface area contributed by atoms with Crippen molar-refractivity contribution in [2.24, 2.45) is 10.9 Å². The number of rotatable bonds is 3.